The maximum absolute atomic E-state index is 3.92. The normalized spacial score (nSPS) is 12.6. The summed E-state index contributed by atoms with van der Waals surface area (Å²) in [6.45, 7) is 5.97. The van der Waals surface area contributed by atoms with Gasteiger partial charge in [0, 0.05) is 38.3 Å². The monoisotopic (exact) mass is 424 g/mol. The predicted molar refractivity (Wildman–Crippen MR) is 144 cm³/mol. The number of aromatic nitrogens is 2. The molecule has 0 aliphatic carbocycles. The van der Waals surface area contributed by atoms with Gasteiger partial charge in [-0.1, -0.05) is 67.3 Å². The highest BCUT2D eigenvalue weighted by atomic mass is 15.0. The highest BCUT2D eigenvalue weighted by Crippen LogP contribution is 2.36. The van der Waals surface area contributed by atoms with Crippen LogP contribution in [0.4, 0.5) is 0 Å². The van der Waals surface area contributed by atoms with Crippen LogP contribution in [0.1, 0.15) is 6.92 Å². The van der Waals surface area contributed by atoms with E-state index in [9.17, 15) is 0 Å². The highest BCUT2D eigenvalue weighted by Gasteiger charge is 2.14. The van der Waals surface area contributed by atoms with Gasteiger partial charge >= 0.3 is 0 Å². The number of allylic oxidation sites excluding steroid dienone is 5. The van der Waals surface area contributed by atoms with E-state index in [-0.39, 0.29) is 0 Å². The predicted octanol–water partition coefficient (Wildman–Crippen LogP) is 8.70. The molecule has 6 aromatic rings. The fourth-order valence-electron chi connectivity index (χ4n) is 4.95. The van der Waals surface area contributed by atoms with Crippen LogP contribution in [0.2, 0.25) is 0 Å². The summed E-state index contributed by atoms with van der Waals surface area (Å²) in [5.74, 6) is 0. The Labute approximate surface area is 192 Å². The van der Waals surface area contributed by atoms with E-state index in [2.05, 4.69) is 119 Å². The number of aromatic amines is 1. The number of rotatable bonds is 4. The molecule has 0 radical (unpaired) electrons. The summed E-state index contributed by atoms with van der Waals surface area (Å²) in [6, 6.07) is 30.6. The van der Waals surface area contributed by atoms with E-state index in [1.165, 1.54) is 54.7 Å². The van der Waals surface area contributed by atoms with Gasteiger partial charge in [-0.15, -0.1) is 0 Å². The Morgan fingerprint density at radius 1 is 0.727 bits per heavy atom. The molecule has 2 heteroatoms. The molecule has 0 bridgehead atoms. The van der Waals surface area contributed by atoms with Crippen molar-refractivity contribution in [3.63, 3.8) is 0 Å². The molecule has 33 heavy (non-hydrogen) atoms. The van der Waals surface area contributed by atoms with E-state index in [1.54, 1.807) is 0 Å². The number of hydrogen-bond acceptors (Lipinski definition) is 0. The smallest absolute Gasteiger partial charge is 0.0541 e. The van der Waals surface area contributed by atoms with Crippen molar-refractivity contribution < 1.29 is 0 Å². The number of hydrogen-bond donors (Lipinski definition) is 1. The van der Waals surface area contributed by atoms with Crippen LogP contribution in [0, 0.1) is 0 Å². The van der Waals surface area contributed by atoms with E-state index in [1.807, 2.05) is 13.0 Å². The maximum Gasteiger partial charge on any atom is 0.0541 e. The van der Waals surface area contributed by atoms with Crippen LogP contribution in [-0.4, -0.2) is 9.55 Å². The van der Waals surface area contributed by atoms with Crippen molar-refractivity contribution in [2.75, 3.05) is 0 Å². The van der Waals surface area contributed by atoms with Gasteiger partial charge in [0.15, 0.2) is 0 Å². The molecule has 0 saturated heterocycles. The molecule has 1 N–H and O–H groups in total. The summed E-state index contributed by atoms with van der Waals surface area (Å²) in [7, 11) is 0. The van der Waals surface area contributed by atoms with Gasteiger partial charge in [0.1, 0.15) is 0 Å². The summed E-state index contributed by atoms with van der Waals surface area (Å²) in [5, 5.41) is 5.02. The van der Waals surface area contributed by atoms with Crippen LogP contribution in [0.5, 0.6) is 0 Å². The molecule has 0 saturated carbocycles. The van der Waals surface area contributed by atoms with Gasteiger partial charge in [0.05, 0.1) is 11.0 Å². The minimum atomic E-state index is 1.10. The second-order valence-corrected chi connectivity index (χ2v) is 8.34. The number of fused-ring (bicyclic) bond motifs is 6. The van der Waals surface area contributed by atoms with Crippen LogP contribution in [0.15, 0.2) is 116 Å². The summed E-state index contributed by atoms with van der Waals surface area (Å²) in [6.07, 6.45) is 8.11. The van der Waals surface area contributed by atoms with E-state index in [0.717, 1.165) is 5.70 Å². The van der Waals surface area contributed by atoms with Crippen molar-refractivity contribution >= 4 is 49.3 Å². The summed E-state index contributed by atoms with van der Waals surface area (Å²) in [5.41, 5.74) is 8.28. The average Bonchev–Trinajstić information content (AvgIpc) is 3.39. The lowest BCUT2D eigenvalue weighted by Gasteiger charge is -2.09. The quantitative estimate of drug-likeness (QED) is 0.273. The lowest BCUT2D eigenvalue weighted by atomic mass is 10.0. The molecule has 4 aromatic carbocycles. The molecular formula is C31H24N2. The van der Waals surface area contributed by atoms with Crippen molar-refractivity contribution in [1.29, 1.82) is 0 Å². The minimum absolute atomic E-state index is 1.10. The molecule has 0 aliphatic rings. The minimum Gasteiger partial charge on any atom is -0.355 e. The van der Waals surface area contributed by atoms with Gasteiger partial charge in [-0.2, -0.15) is 0 Å². The Balaban J connectivity index is 1.60. The van der Waals surface area contributed by atoms with Crippen molar-refractivity contribution in [2.24, 2.45) is 0 Å². The zero-order chi connectivity index (χ0) is 22.4. The third kappa shape index (κ3) is 3.03. The molecule has 0 fully saturated rings. The number of H-pyrrole nitrogens is 1. The SMILES string of the molecule is C=C/C=C(\C=C/C)n1c2ccccc2c2cc(-c3ccc4[nH]c5ccccc5c4c3)ccc21. The van der Waals surface area contributed by atoms with Gasteiger partial charge in [-0.25, -0.2) is 0 Å². The Hall–Kier alpha value is -4.30. The molecule has 0 amide bonds. The lowest BCUT2D eigenvalue weighted by Crippen LogP contribution is -1.94. The molecule has 0 unspecified atom stereocenters. The third-order valence-corrected chi connectivity index (χ3v) is 6.40. The zero-order valence-corrected chi connectivity index (χ0v) is 18.5. The average molecular weight is 425 g/mol. The topological polar surface area (TPSA) is 20.7 Å². The molecule has 2 nitrogen and oxygen atoms in total. The molecule has 158 valence electrons. The summed E-state index contributed by atoms with van der Waals surface area (Å²) in [4.78, 5) is 3.53. The first kappa shape index (κ1) is 19.4. The van der Waals surface area contributed by atoms with Crippen molar-refractivity contribution in [2.45, 2.75) is 6.92 Å². The molecular weight excluding hydrogens is 400 g/mol. The Bertz CT molecular complexity index is 1740. The van der Waals surface area contributed by atoms with Crippen molar-refractivity contribution in [1.82, 2.24) is 9.55 Å². The summed E-state index contributed by atoms with van der Waals surface area (Å²) < 4.78 is 2.32. The lowest BCUT2D eigenvalue weighted by molar-refractivity contribution is 1.24. The maximum atomic E-state index is 3.92. The molecule has 2 aromatic heterocycles. The van der Waals surface area contributed by atoms with Gasteiger partial charge in [-0.3, -0.25) is 0 Å². The van der Waals surface area contributed by atoms with E-state index in [0.29, 0.717) is 0 Å². The third-order valence-electron chi connectivity index (χ3n) is 6.40. The fourth-order valence-corrected chi connectivity index (χ4v) is 4.95. The van der Waals surface area contributed by atoms with E-state index < -0.39 is 0 Å². The van der Waals surface area contributed by atoms with Gasteiger partial charge in [0.25, 0.3) is 0 Å². The second kappa shape index (κ2) is 7.68. The fraction of sp³-hybridized carbons (Fsp3) is 0.0323. The first-order valence-corrected chi connectivity index (χ1v) is 11.3. The Morgan fingerprint density at radius 3 is 2.21 bits per heavy atom. The van der Waals surface area contributed by atoms with Crippen LogP contribution in [-0.2, 0) is 0 Å². The Morgan fingerprint density at radius 2 is 1.39 bits per heavy atom. The Kier molecular flexibility index (Phi) is 4.51. The molecule has 0 atom stereocenters. The highest BCUT2D eigenvalue weighted by molar-refractivity contribution is 6.12. The van der Waals surface area contributed by atoms with Crippen LogP contribution < -0.4 is 0 Å². The number of nitrogens with one attached hydrogen (secondary N) is 1. The summed E-state index contributed by atoms with van der Waals surface area (Å²) >= 11 is 0. The molecule has 0 spiro atoms. The van der Waals surface area contributed by atoms with E-state index in [4.69, 9.17) is 0 Å². The molecule has 2 heterocycles. The second-order valence-electron chi connectivity index (χ2n) is 8.34. The molecule has 6 rings (SSSR count). The van der Waals surface area contributed by atoms with Crippen molar-refractivity contribution in [3.05, 3.63) is 116 Å². The van der Waals surface area contributed by atoms with Crippen LogP contribution in [0.3, 0.4) is 0 Å². The number of nitrogens with zero attached hydrogens (tertiary/aromatic N) is 1. The first-order valence-electron chi connectivity index (χ1n) is 11.3. The zero-order valence-electron chi connectivity index (χ0n) is 18.5. The van der Waals surface area contributed by atoms with Crippen molar-refractivity contribution in [3.8, 4) is 11.1 Å². The van der Waals surface area contributed by atoms with Crippen LogP contribution >= 0.6 is 0 Å². The number of para-hydroxylation sites is 2. The first-order chi connectivity index (χ1) is 16.3. The largest absolute Gasteiger partial charge is 0.355 e. The van der Waals surface area contributed by atoms with Crippen LogP contribution in [0.25, 0.3) is 60.4 Å². The van der Waals surface area contributed by atoms with E-state index >= 15 is 0 Å². The van der Waals surface area contributed by atoms with Gasteiger partial charge < -0.3 is 9.55 Å². The van der Waals surface area contributed by atoms with Gasteiger partial charge in [-0.05, 0) is 66.6 Å². The van der Waals surface area contributed by atoms with Gasteiger partial charge in [0.2, 0.25) is 0 Å². The molecule has 0 aliphatic heterocycles. The standard InChI is InChI=1S/C31H24N2/c1-3-9-23(10-4-2)33-30-14-8-6-12-25(30)27-20-22(16-18-31(27)33)21-15-17-29-26(19-21)24-11-5-7-13-28(24)32-29/h3-20,32H,1H2,2H3/b10-4-,23-9+. The number of benzene rings is 4.